The Hall–Kier alpha value is -2.12. The highest BCUT2D eigenvalue weighted by Gasteiger charge is 2.28. The molecule has 3 atom stereocenters. The number of rotatable bonds is 4. The van der Waals surface area contributed by atoms with Gasteiger partial charge in [0.15, 0.2) is 0 Å². The van der Waals surface area contributed by atoms with Gasteiger partial charge in [0.2, 0.25) is 0 Å². The van der Waals surface area contributed by atoms with Crippen LogP contribution in [-0.2, 0) is 0 Å². The summed E-state index contributed by atoms with van der Waals surface area (Å²) >= 11 is 0. The molecule has 1 saturated carbocycles. The highest BCUT2D eigenvalue weighted by Crippen LogP contribution is 2.27. The van der Waals surface area contributed by atoms with Gasteiger partial charge in [-0.2, -0.15) is 5.26 Å². The van der Waals surface area contributed by atoms with Crippen LogP contribution in [0.3, 0.4) is 0 Å². The Morgan fingerprint density at radius 1 is 1.33 bits per heavy atom. The maximum atomic E-state index is 9.16. The molecule has 1 aliphatic rings. The highest BCUT2D eigenvalue weighted by atomic mass is 15.0. The number of aromatic nitrogens is 2. The Balaban J connectivity index is 1.68. The third-order valence-corrected chi connectivity index (χ3v) is 4.34. The molecule has 0 aliphatic heterocycles. The van der Waals surface area contributed by atoms with Crippen molar-refractivity contribution in [2.24, 2.45) is 5.92 Å². The second-order valence-electron chi connectivity index (χ2n) is 5.72. The maximum absolute atomic E-state index is 9.16. The summed E-state index contributed by atoms with van der Waals surface area (Å²) in [5.74, 6) is 0.165. The molecule has 0 amide bonds. The van der Waals surface area contributed by atoms with E-state index in [0.717, 1.165) is 24.9 Å². The van der Waals surface area contributed by atoms with Gasteiger partial charge in [-0.3, -0.25) is 0 Å². The van der Waals surface area contributed by atoms with Crippen LogP contribution in [-0.4, -0.2) is 15.6 Å². The molecule has 3 unspecified atom stereocenters. The average molecular weight is 280 g/mol. The van der Waals surface area contributed by atoms with Crippen molar-refractivity contribution in [3.63, 3.8) is 0 Å². The van der Waals surface area contributed by atoms with Gasteiger partial charge in [0.05, 0.1) is 18.3 Å². The topological polar surface area (TPSA) is 53.6 Å². The second kappa shape index (κ2) is 6.11. The molecule has 21 heavy (non-hydrogen) atoms. The summed E-state index contributed by atoms with van der Waals surface area (Å²) in [6, 6.07) is 11.5. The quantitative estimate of drug-likeness (QED) is 0.935. The van der Waals surface area contributed by atoms with Crippen LogP contribution < -0.4 is 5.32 Å². The monoisotopic (exact) mass is 280 g/mol. The number of nitrogens with one attached hydrogen (secondary N) is 1. The van der Waals surface area contributed by atoms with Gasteiger partial charge in [-0.1, -0.05) is 18.6 Å². The predicted molar refractivity (Wildman–Crippen MR) is 81.9 cm³/mol. The van der Waals surface area contributed by atoms with Crippen LogP contribution in [0.5, 0.6) is 0 Å². The first-order valence-corrected chi connectivity index (χ1v) is 7.52. The van der Waals surface area contributed by atoms with Gasteiger partial charge in [0.25, 0.3) is 0 Å². The van der Waals surface area contributed by atoms with E-state index in [1.165, 1.54) is 5.56 Å². The Labute approximate surface area is 125 Å². The minimum absolute atomic E-state index is 0.165. The van der Waals surface area contributed by atoms with Crippen LogP contribution in [0.2, 0.25) is 0 Å². The Kier molecular flexibility index (Phi) is 4.03. The van der Waals surface area contributed by atoms with Crippen molar-refractivity contribution in [3.8, 4) is 11.8 Å². The van der Waals surface area contributed by atoms with Gasteiger partial charge in [0.1, 0.15) is 0 Å². The standard InChI is InChI=1S/C17H20N4/c1-13(20-17-4-2-3-15(17)11-18)14-5-7-16(8-6-14)21-10-9-19-12-21/h5-10,12-13,15,17,20H,2-4H2,1H3. The van der Waals surface area contributed by atoms with E-state index >= 15 is 0 Å². The molecule has 4 heteroatoms. The largest absolute Gasteiger partial charge is 0.306 e. The average Bonchev–Trinajstić information content (AvgIpc) is 3.18. The number of nitrogens with zero attached hydrogens (tertiary/aromatic N) is 3. The summed E-state index contributed by atoms with van der Waals surface area (Å²) in [5, 5.41) is 12.8. The third-order valence-electron chi connectivity index (χ3n) is 4.34. The van der Waals surface area contributed by atoms with Crippen LogP contribution in [0.15, 0.2) is 43.0 Å². The molecule has 4 nitrogen and oxygen atoms in total. The van der Waals surface area contributed by atoms with Crippen molar-refractivity contribution in [1.82, 2.24) is 14.9 Å². The first kappa shape index (κ1) is 13.8. The maximum Gasteiger partial charge on any atom is 0.0991 e. The molecule has 2 aromatic rings. The van der Waals surface area contributed by atoms with Crippen molar-refractivity contribution in [1.29, 1.82) is 5.26 Å². The molecule has 1 N–H and O–H groups in total. The molecule has 0 saturated heterocycles. The van der Waals surface area contributed by atoms with E-state index in [4.69, 9.17) is 5.26 Å². The molecule has 1 aromatic carbocycles. The summed E-state index contributed by atoms with van der Waals surface area (Å²) in [4.78, 5) is 4.06. The van der Waals surface area contributed by atoms with E-state index in [1.807, 2.05) is 10.8 Å². The molecule has 0 spiro atoms. The molecular formula is C17H20N4. The Bertz CT molecular complexity index is 609. The molecule has 1 aliphatic carbocycles. The molecule has 1 heterocycles. The van der Waals surface area contributed by atoms with Crippen LogP contribution >= 0.6 is 0 Å². The van der Waals surface area contributed by atoms with Crippen LogP contribution in [0, 0.1) is 17.2 Å². The van der Waals surface area contributed by atoms with Crippen LogP contribution in [0.4, 0.5) is 0 Å². The smallest absolute Gasteiger partial charge is 0.0991 e. The highest BCUT2D eigenvalue weighted by molar-refractivity contribution is 5.35. The Morgan fingerprint density at radius 3 is 2.81 bits per heavy atom. The third kappa shape index (κ3) is 2.98. The van der Waals surface area contributed by atoms with Crippen molar-refractivity contribution in [2.75, 3.05) is 0 Å². The zero-order valence-electron chi connectivity index (χ0n) is 12.2. The van der Waals surface area contributed by atoms with Gasteiger partial charge in [-0.25, -0.2) is 4.98 Å². The lowest BCUT2D eigenvalue weighted by Crippen LogP contribution is -2.33. The van der Waals surface area contributed by atoms with Crippen molar-refractivity contribution in [3.05, 3.63) is 48.5 Å². The van der Waals surface area contributed by atoms with Gasteiger partial charge in [0, 0.05) is 30.2 Å². The number of benzene rings is 1. The number of hydrogen-bond donors (Lipinski definition) is 1. The molecular weight excluding hydrogens is 260 g/mol. The SMILES string of the molecule is CC(NC1CCCC1C#N)c1ccc(-n2ccnc2)cc1. The summed E-state index contributed by atoms with van der Waals surface area (Å²) in [5.41, 5.74) is 2.36. The van der Waals surface area contributed by atoms with Gasteiger partial charge in [-0.15, -0.1) is 0 Å². The summed E-state index contributed by atoms with van der Waals surface area (Å²) in [7, 11) is 0. The lowest BCUT2D eigenvalue weighted by molar-refractivity contribution is 0.417. The normalized spacial score (nSPS) is 22.9. The fourth-order valence-electron chi connectivity index (χ4n) is 3.08. The molecule has 1 fully saturated rings. The fourth-order valence-corrected chi connectivity index (χ4v) is 3.08. The van der Waals surface area contributed by atoms with Crippen LogP contribution in [0.1, 0.15) is 37.8 Å². The van der Waals surface area contributed by atoms with Gasteiger partial charge < -0.3 is 9.88 Å². The fraction of sp³-hybridized carbons (Fsp3) is 0.412. The number of nitriles is 1. The molecule has 3 rings (SSSR count). The first-order chi connectivity index (χ1) is 10.3. The Morgan fingerprint density at radius 2 is 2.14 bits per heavy atom. The van der Waals surface area contributed by atoms with Crippen LogP contribution in [0.25, 0.3) is 5.69 Å². The van der Waals surface area contributed by atoms with E-state index in [-0.39, 0.29) is 12.0 Å². The molecule has 0 radical (unpaired) electrons. The minimum atomic E-state index is 0.165. The van der Waals surface area contributed by atoms with E-state index in [2.05, 4.69) is 47.6 Å². The lowest BCUT2D eigenvalue weighted by Gasteiger charge is -2.22. The number of imidazole rings is 1. The second-order valence-corrected chi connectivity index (χ2v) is 5.72. The number of hydrogen-bond acceptors (Lipinski definition) is 3. The summed E-state index contributed by atoms with van der Waals surface area (Å²) < 4.78 is 1.99. The molecule has 0 bridgehead atoms. The van der Waals surface area contributed by atoms with Crippen molar-refractivity contribution < 1.29 is 0 Å². The zero-order chi connectivity index (χ0) is 14.7. The first-order valence-electron chi connectivity index (χ1n) is 7.52. The van der Waals surface area contributed by atoms with E-state index < -0.39 is 0 Å². The predicted octanol–water partition coefficient (Wildman–Crippen LogP) is 3.22. The van der Waals surface area contributed by atoms with E-state index in [1.54, 1.807) is 12.5 Å². The molecule has 1 aromatic heterocycles. The van der Waals surface area contributed by atoms with Crippen molar-refractivity contribution in [2.45, 2.75) is 38.3 Å². The zero-order valence-corrected chi connectivity index (χ0v) is 12.2. The van der Waals surface area contributed by atoms with Crippen molar-refractivity contribution >= 4 is 0 Å². The minimum Gasteiger partial charge on any atom is -0.306 e. The van der Waals surface area contributed by atoms with E-state index in [0.29, 0.717) is 6.04 Å². The van der Waals surface area contributed by atoms with Gasteiger partial charge in [-0.05, 0) is 37.5 Å². The van der Waals surface area contributed by atoms with E-state index in [9.17, 15) is 0 Å². The summed E-state index contributed by atoms with van der Waals surface area (Å²) in [6.07, 6.45) is 8.80. The lowest BCUT2D eigenvalue weighted by atomic mass is 10.0. The summed E-state index contributed by atoms with van der Waals surface area (Å²) in [6.45, 7) is 2.17. The van der Waals surface area contributed by atoms with Gasteiger partial charge >= 0.3 is 0 Å². The molecule has 108 valence electrons.